The van der Waals surface area contributed by atoms with E-state index in [0.29, 0.717) is 19.5 Å². The van der Waals surface area contributed by atoms with Crippen LogP contribution in [0, 0.1) is 0 Å². The summed E-state index contributed by atoms with van der Waals surface area (Å²) in [6, 6.07) is 7.08. The second-order valence-electron chi connectivity index (χ2n) is 7.55. The molecule has 0 saturated carbocycles. The summed E-state index contributed by atoms with van der Waals surface area (Å²) in [6.45, 7) is 3.89. The summed E-state index contributed by atoms with van der Waals surface area (Å²) >= 11 is 0. The average Bonchev–Trinajstić information content (AvgIpc) is 3.08. The van der Waals surface area contributed by atoms with E-state index in [1.807, 2.05) is 30.5 Å². The van der Waals surface area contributed by atoms with Crippen molar-refractivity contribution < 1.29 is 24.6 Å². The first-order valence-electron chi connectivity index (χ1n) is 10.0. The number of hydrogen-bond donors (Lipinski definition) is 4. The molecule has 1 saturated heterocycles. The van der Waals surface area contributed by atoms with Crippen molar-refractivity contribution in [3.05, 3.63) is 36.0 Å². The van der Waals surface area contributed by atoms with Crippen LogP contribution in [0.4, 0.5) is 0 Å². The van der Waals surface area contributed by atoms with E-state index in [9.17, 15) is 19.8 Å². The summed E-state index contributed by atoms with van der Waals surface area (Å²) in [5, 5.41) is 26.5. The van der Waals surface area contributed by atoms with E-state index in [2.05, 4.69) is 15.5 Å². The molecule has 3 atom stereocenters. The van der Waals surface area contributed by atoms with E-state index in [0.717, 1.165) is 22.9 Å². The van der Waals surface area contributed by atoms with E-state index < -0.39 is 30.8 Å². The summed E-state index contributed by atoms with van der Waals surface area (Å²) in [4.78, 5) is 35.1. The van der Waals surface area contributed by atoms with Crippen LogP contribution in [-0.2, 0) is 20.8 Å². The Balaban J connectivity index is 1.64. The fourth-order valence-corrected chi connectivity index (χ4v) is 3.31. The lowest BCUT2D eigenvalue weighted by Gasteiger charge is -2.34. The van der Waals surface area contributed by atoms with Gasteiger partial charge in [0.2, 0.25) is 5.91 Å². The van der Waals surface area contributed by atoms with Gasteiger partial charge in [-0.1, -0.05) is 23.4 Å². The normalized spacial score (nSPS) is 17.2. The van der Waals surface area contributed by atoms with Crippen molar-refractivity contribution in [2.75, 3.05) is 19.7 Å². The zero-order valence-corrected chi connectivity index (χ0v) is 17.2. The van der Waals surface area contributed by atoms with Crippen LogP contribution >= 0.6 is 0 Å². The summed E-state index contributed by atoms with van der Waals surface area (Å²) in [5.74, 6) is -0.610. The lowest BCUT2D eigenvalue weighted by atomic mass is 10.0. The summed E-state index contributed by atoms with van der Waals surface area (Å²) in [7, 11) is 0. The molecule has 0 bridgehead atoms. The van der Waals surface area contributed by atoms with Crippen molar-refractivity contribution in [3.8, 4) is 0 Å². The molecule has 3 unspecified atom stereocenters. The number of likely N-dealkylation sites (tertiary alicyclic amines) is 1. The summed E-state index contributed by atoms with van der Waals surface area (Å²) in [5.41, 5.74) is 2.07. The number of aliphatic hydroxyl groups excluding tert-OH is 2. The van der Waals surface area contributed by atoms with E-state index in [4.69, 9.17) is 4.84 Å². The van der Waals surface area contributed by atoms with Gasteiger partial charge in [0, 0.05) is 36.6 Å². The minimum Gasteiger partial charge on any atom is -0.390 e. The zero-order chi connectivity index (χ0) is 21.7. The van der Waals surface area contributed by atoms with Crippen LogP contribution in [0.5, 0.6) is 0 Å². The molecule has 1 aromatic carbocycles. The van der Waals surface area contributed by atoms with Gasteiger partial charge in [-0.15, -0.1) is 0 Å². The van der Waals surface area contributed by atoms with Gasteiger partial charge in [0.1, 0.15) is 12.1 Å². The predicted molar refractivity (Wildman–Crippen MR) is 112 cm³/mol. The van der Waals surface area contributed by atoms with Gasteiger partial charge in [0.25, 0.3) is 5.91 Å². The molecule has 1 fully saturated rings. The van der Waals surface area contributed by atoms with Gasteiger partial charge in [-0.05, 0) is 31.9 Å². The topological polar surface area (TPSA) is 127 Å². The third kappa shape index (κ3) is 5.17. The molecule has 1 aromatic heterocycles. The lowest BCUT2D eigenvalue weighted by molar-refractivity contribution is -0.140. The van der Waals surface area contributed by atoms with Crippen LogP contribution in [0.25, 0.3) is 10.9 Å². The minimum absolute atomic E-state index is 0.121. The molecule has 3 rings (SSSR count). The third-order valence-corrected chi connectivity index (χ3v) is 5.19. The van der Waals surface area contributed by atoms with Gasteiger partial charge in [0.05, 0.1) is 11.8 Å². The Labute approximate surface area is 174 Å². The monoisotopic (exact) mass is 416 g/mol. The maximum absolute atomic E-state index is 12.8. The number of nitrogens with zero attached hydrogens (tertiary/aromatic N) is 2. The molecule has 2 amide bonds. The van der Waals surface area contributed by atoms with Crippen LogP contribution in [0.3, 0.4) is 0 Å². The van der Waals surface area contributed by atoms with Gasteiger partial charge >= 0.3 is 0 Å². The van der Waals surface area contributed by atoms with Crippen LogP contribution in [0.15, 0.2) is 35.6 Å². The predicted octanol–water partition coefficient (Wildman–Crippen LogP) is 0.562. The number of aromatic amines is 1. The molecule has 9 heteroatoms. The first kappa shape index (κ1) is 21.8. The van der Waals surface area contributed by atoms with Crippen molar-refractivity contribution in [2.24, 2.45) is 5.16 Å². The number of benzene rings is 1. The number of para-hydroxylation sites is 1. The van der Waals surface area contributed by atoms with E-state index in [1.165, 1.54) is 13.8 Å². The third-order valence-electron chi connectivity index (χ3n) is 5.19. The molecular formula is C21H28N4O5. The van der Waals surface area contributed by atoms with Crippen molar-refractivity contribution >= 4 is 28.4 Å². The Kier molecular flexibility index (Phi) is 7.07. The number of aromatic nitrogens is 1. The van der Waals surface area contributed by atoms with Crippen molar-refractivity contribution in [2.45, 2.75) is 44.9 Å². The SMILES string of the molecule is C/C(=N/OCC(=O)NC(Cc1c[nH]c2ccccc12)C(=O)N1CCC1)C(O)C(C)O. The van der Waals surface area contributed by atoms with Gasteiger partial charge in [0.15, 0.2) is 6.61 Å². The molecule has 0 radical (unpaired) electrons. The van der Waals surface area contributed by atoms with Crippen LogP contribution in [0.1, 0.15) is 25.8 Å². The molecule has 4 N–H and O–H groups in total. The Morgan fingerprint density at radius 2 is 2.03 bits per heavy atom. The number of nitrogens with one attached hydrogen (secondary N) is 2. The molecule has 162 valence electrons. The number of rotatable bonds is 9. The lowest BCUT2D eigenvalue weighted by Crippen LogP contribution is -2.54. The Morgan fingerprint density at radius 1 is 1.30 bits per heavy atom. The molecule has 1 aliphatic rings. The molecule has 1 aliphatic heterocycles. The highest BCUT2D eigenvalue weighted by molar-refractivity contribution is 5.90. The highest BCUT2D eigenvalue weighted by Crippen LogP contribution is 2.20. The van der Waals surface area contributed by atoms with E-state index in [1.54, 1.807) is 4.90 Å². The van der Waals surface area contributed by atoms with Crippen LogP contribution in [-0.4, -0.2) is 75.6 Å². The number of hydrogen-bond acceptors (Lipinski definition) is 6. The van der Waals surface area contributed by atoms with E-state index >= 15 is 0 Å². The van der Waals surface area contributed by atoms with Crippen LogP contribution in [0.2, 0.25) is 0 Å². The van der Waals surface area contributed by atoms with Gasteiger partial charge in [-0.2, -0.15) is 0 Å². The fraction of sp³-hybridized carbons (Fsp3) is 0.476. The number of carbonyl (C=O) groups excluding carboxylic acids is 2. The summed E-state index contributed by atoms with van der Waals surface area (Å²) < 4.78 is 0. The Morgan fingerprint density at radius 3 is 2.70 bits per heavy atom. The van der Waals surface area contributed by atoms with Gasteiger partial charge in [-0.3, -0.25) is 9.59 Å². The molecule has 30 heavy (non-hydrogen) atoms. The van der Waals surface area contributed by atoms with Gasteiger partial charge in [-0.25, -0.2) is 0 Å². The van der Waals surface area contributed by atoms with E-state index in [-0.39, 0.29) is 11.6 Å². The number of oxime groups is 1. The maximum atomic E-state index is 12.8. The average molecular weight is 416 g/mol. The largest absolute Gasteiger partial charge is 0.390 e. The van der Waals surface area contributed by atoms with Gasteiger partial charge < -0.3 is 30.3 Å². The molecule has 2 heterocycles. The quantitative estimate of drug-likeness (QED) is 0.351. The Bertz CT molecular complexity index is 919. The molecule has 9 nitrogen and oxygen atoms in total. The fourth-order valence-electron chi connectivity index (χ4n) is 3.31. The molecule has 2 aromatic rings. The molecule has 0 spiro atoms. The minimum atomic E-state index is -1.17. The number of amides is 2. The van der Waals surface area contributed by atoms with Crippen molar-refractivity contribution in [1.29, 1.82) is 0 Å². The number of fused-ring (bicyclic) bond motifs is 1. The first-order chi connectivity index (χ1) is 14.4. The number of H-pyrrole nitrogens is 1. The second-order valence-corrected chi connectivity index (χ2v) is 7.55. The van der Waals surface area contributed by atoms with Crippen molar-refractivity contribution in [1.82, 2.24) is 15.2 Å². The standard InChI is InChI=1S/C21H28N4O5/c1-13(20(28)14(2)26)24-30-12-19(27)23-18(21(29)25-8-5-9-25)10-15-11-22-17-7-4-3-6-16(15)17/h3-4,6-7,11,14,18,20,22,26,28H,5,8-10,12H2,1-2H3,(H,23,27)/b24-13-. The smallest absolute Gasteiger partial charge is 0.261 e. The maximum Gasteiger partial charge on any atom is 0.261 e. The number of aliphatic hydroxyl groups is 2. The Hall–Kier alpha value is -2.91. The zero-order valence-electron chi connectivity index (χ0n) is 17.2. The van der Waals surface area contributed by atoms with Crippen molar-refractivity contribution in [3.63, 3.8) is 0 Å². The summed E-state index contributed by atoms with van der Waals surface area (Å²) in [6.07, 6.45) is 1.00. The second kappa shape index (κ2) is 9.73. The van der Waals surface area contributed by atoms with Crippen LogP contribution < -0.4 is 5.32 Å². The molecular weight excluding hydrogens is 388 g/mol. The molecule has 0 aliphatic carbocycles. The highest BCUT2D eigenvalue weighted by atomic mass is 16.6. The number of carbonyl (C=O) groups is 2. The first-order valence-corrected chi connectivity index (χ1v) is 10.0. The highest BCUT2D eigenvalue weighted by Gasteiger charge is 2.30.